The first-order chi connectivity index (χ1) is 9.49. The smallest absolute Gasteiger partial charge is 0.271 e. The maximum atomic E-state index is 12.1. The predicted octanol–water partition coefficient (Wildman–Crippen LogP) is 1.74. The SMILES string of the molecule is Nc1c(Cl)cc([N+](=O)[O-])cc1C(=O)NC1CCCOC1. The lowest BCUT2D eigenvalue weighted by Gasteiger charge is -2.23. The summed E-state index contributed by atoms with van der Waals surface area (Å²) in [5, 5.41) is 13.5. The van der Waals surface area contributed by atoms with Gasteiger partial charge in [0.15, 0.2) is 0 Å². The second-order valence-electron chi connectivity index (χ2n) is 4.53. The molecular weight excluding hydrogens is 286 g/mol. The Bertz CT molecular complexity index is 544. The van der Waals surface area contributed by atoms with Gasteiger partial charge in [0.2, 0.25) is 0 Å². The van der Waals surface area contributed by atoms with Crippen molar-refractivity contribution in [3.8, 4) is 0 Å². The van der Waals surface area contributed by atoms with Crippen LogP contribution in [-0.4, -0.2) is 30.1 Å². The molecule has 0 aromatic heterocycles. The van der Waals surface area contributed by atoms with Crippen LogP contribution >= 0.6 is 11.6 Å². The number of nitro groups is 1. The fourth-order valence-electron chi connectivity index (χ4n) is 2.01. The fraction of sp³-hybridized carbons (Fsp3) is 0.417. The number of anilines is 1. The zero-order valence-corrected chi connectivity index (χ0v) is 11.4. The van der Waals surface area contributed by atoms with E-state index in [1.807, 2.05) is 0 Å². The van der Waals surface area contributed by atoms with Gasteiger partial charge in [0.05, 0.1) is 33.8 Å². The monoisotopic (exact) mass is 299 g/mol. The van der Waals surface area contributed by atoms with Crippen LogP contribution in [0.25, 0.3) is 0 Å². The van der Waals surface area contributed by atoms with E-state index in [1.54, 1.807) is 0 Å². The van der Waals surface area contributed by atoms with Crippen molar-refractivity contribution in [1.29, 1.82) is 0 Å². The van der Waals surface area contributed by atoms with Crippen LogP contribution in [0.1, 0.15) is 23.2 Å². The van der Waals surface area contributed by atoms with E-state index in [9.17, 15) is 14.9 Å². The lowest BCUT2D eigenvalue weighted by molar-refractivity contribution is -0.384. The number of ether oxygens (including phenoxy) is 1. The number of nitro benzene ring substituents is 1. The number of carbonyl (C=O) groups is 1. The maximum Gasteiger partial charge on any atom is 0.271 e. The number of amides is 1. The molecule has 1 aromatic carbocycles. The van der Waals surface area contributed by atoms with Crippen LogP contribution in [0, 0.1) is 10.1 Å². The van der Waals surface area contributed by atoms with E-state index >= 15 is 0 Å². The molecule has 1 unspecified atom stereocenters. The molecule has 1 aliphatic heterocycles. The summed E-state index contributed by atoms with van der Waals surface area (Å²) in [4.78, 5) is 22.3. The Morgan fingerprint density at radius 1 is 1.55 bits per heavy atom. The van der Waals surface area contributed by atoms with Crippen LogP contribution in [-0.2, 0) is 4.74 Å². The summed E-state index contributed by atoms with van der Waals surface area (Å²) in [7, 11) is 0. The lowest BCUT2D eigenvalue weighted by Crippen LogP contribution is -2.40. The van der Waals surface area contributed by atoms with Crippen molar-refractivity contribution in [3.05, 3.63) is 32.8 Å². The minimum Gasteiger partial charge on any atom is -0.397 e. The van der Waals surface area contributed by atoms with Gasteiger partial charge in [-0.05, 0) is 12.8 Å². The van der Waals surface area contributed by atoms with Crippen LogP contribution in [0.5, 0.6) is 0 Å². The van der Waals surface area contributed by atoms with E-state index in [2.05, 4.69) is 5.32 Å². The highest BCUT2D eigenvalue weighted by molar-refractivity contribution is 6.34. The molecule has 3 N–H and O–H groups in total. The average Bonchev–Trinajstić information content (AvgIpc) is 2.42. The molecule has 1 amide bonds. The molecule has 7 nitrogen and oxygen atoms in total. The van der Waals surface area contributed by atoms with Gasteiger partial charge in [0.25, 0.3) is 11.6 Å². The van der Waals surface area contributed by atoms with Crippen molar-refractivity contribution < 1.29 is 14.5 Å². The molecule has 2 rings (SSSR count). The zero-order chi connectivity index (χ0) is 14.7. The first-order valence-corrected chi connectivity index (χ1v) is 6.49. The van der Waals surface area contributed by atoms with Crippen LogP contribution in [0.2, 0.25) is 5.02 Å². The van der Waals surface area contributed by atoms with Crippen molar-refractivity contribution >= 4 is 28.9 Å². The number of nitrogen functional groups attached to an aromatic ring is 1. The number of hydrogen-bond donors (Lipinski definition) is 2. The molecule has 20 heavy (non-hydrogen) atoms. The van der Waals surface area contributed by atoms with Gasteiger partial charge < -0.3 is 15.8 Å². The molecule has 1 heterocycles. The molecule has 1 atom stereocenters. The molecule has 1 aromatic rings. The molecule has 0 bridgehead atoms. The van der Waals surface area contributed by atoms with E-state index in [4.69, 9.17) is 22.1 Å². The number of non-ortho nitro benzene ring substituents is 1. The van der Waals surface area contributed by atoms with Gasteiger partial charge in [0.1, 0.15) is 0 Å². The van der Waals surface area contributed by atoms with Crippen molar-refractivity contribution in [2.45, 2.75) is 18.9 Å². The largest absolute Gasteiger partial charge is 0.397 e. The third-order valence-corrected chi connectivity index (χ3v) is 3.38. The Balaban J connectivity index is 2.21. The summed E-state index contributed by atoms with van der Waals surface area (Å²) in [5.74, 6) is -0.483. The Morgan fingerprint density at radius 3 is 2.90 bits per heavy atom. The highest BCUT2D eigenvalue weighted by Crippen LogP contribution is 2.29. The molecule has 0 radical (unpaired) electrons. The third-order valence-electron chi connectivity index (χ3n) is 3.07. The maximum absolute atomic E-state index is 12.1. The average molecular weight is 300 g/mol. The number of hydrogen-bond acceptors (Lipinski definition) is 5. The minimum absolute atomic E-state index is 0.00905. The molecule has 1 fully saturated rings. The van der Waals surface area contributed by atoms with E-state index in [1.165, 1.54) is 0 Å². The summed E-state index contributed by atoms with van der Waals surface area (Å²) in [6.45, 7) is 1.10. The standard InChI is InChI=1S/C12H14ClN3O4/c13-10-5-8(16(18)19)4-9(11(10)14)12(17)15-7-2-1-3-20-6-7/h4-5,7H,1-3,6,14H2,(H,15,17). The number of rotatable bonds is 3. The molecule has 0 spiro atoms. The van der Waals surface area contributed by atoms with E-state index in [-0.39, 0.29) is 28.0 Å². The first kappa shape index (κ1) is 14.5. The molecule has 1 saturated heterocycles. The van der Waals surface area contributed by atoms with Crippen LogP contribution in [0.15, 0.2) is 12.1 Å². The molecule has 0 saturated carbocycles. The number of nitrogens with zero attached hydrogens (tertiary/aromatic N) is 1. The highest BCUT2D eigenvalue weighted by atomic mass is 35.5. The number of nitrogens with two attached hydrogens (primary N) is 1. The number of benzene rings is 1. The van der Waals surface area contributed by atoms with Gasteiger partial charge >= 0.3 is 0 Å². The van der Waals surface area contributed by atoms with Gasteiger partial charge in [-0.25, -0.2) is 0 Å². The van der Waals surface area contributed by atoms with E-state index in [0.717, 1.165) is 25.0 Å². The van der Waals surface area contributed by atoms with Gasteiger partial charge in [-0.3, -0.25) is 14.9 Å². The minimum atomic E-state index is -0.619. The summed E-state index contributed by atoms with van der Waals surface area (Å²) >= 11 is 5.82. The van der Waals surface area contributed by atoms with Crippen molar-refractivity contribution in [3.63, 3.8) is 0 Å². The second-order valence-corrected chi connectivity index (χ2v) is 4.94. The van der Waals surface area contributed by atoms with E-state index in [0.29, 0.717) is 13.2 Å². The zero-order valence-electron chi connectivity index (χ0n) is 10.6. The third kappa shape index (κ3) is 3.17. The molecule has 8 heteroatoms. The Hall–Kier alpha value is -1.86. The van der Waals surface area contributed by atoms with Crippen molar-refractivity contribution in [2.75, 3.05) is 18.9 Å². The van der Waals surface area contributed by atoms with Crippen molar-refractivity contribution in [1.82, 2.24) is 5.32 Å². The van der Waals surface area contributed by atoms with E-state index < -0.39 is 10.8 Å². The summed E-state index contributed by atoms with van der Waals surface area (Å²) in [6, 6.07) is 2.13. The molecule has 1 aliphatic rings. The van der Waals surface area contributed by atoms with Gasteiger partial charge in [-0.2, -0.15) is 0 Å². The fourth-order valence-corrected chi connectivity index (χ4v) is 2.23. The lowest BCUT2D eigenvalue weighted by atomic mass is 10.1. The Labute approximate surface area is 120 Å². The van der Waals surface area contributed by atoms with Gasteiger partial charge in [0, 0.05) is 18.7 Å². The first-order valence-electron chi connectivity index (χ1n) is 6.11. The highest BCUT2D eigenvalue weighted by Gasteiger charge is 2.22. The molecule has 0 aliphatic carbocycles. The van der Waals surface area contributed by atoms with Crippen LogP contribution in [0.3, 0.4) is 0 Å². The second kappa shape index (κ2) is 6.06. The van der Waals surface area contributed by atoms with Gasteiger partial charge in [-0.15, -0.1) is 0 Å². The molecular formula is C12H14ClN3O4. The summed E-state index contributed by atoms with van der Waals surface area (Å²) in [5.41, 5.74) is 5.48. The Kier molecular flexibility index (Phi) is 4.41. The predicted molar refractivity (Wildman–Crippen MR) is 73.8 cm³/mol. The topological polar surface area (TPSA) is 107 Å². The normalized spacial score (nSPS) is 18.6. The van der Waals surface area contributed by atoms with Gasteiger partial charge in [-0.1, -0.05) is 11.6 Å². The number of nitrogens with one attached hydrogen (secondary N) is 1. The summed E-state index contributed by atoms with van der Waals surface area (Å²) < 4.78 is 5.25. The summed E-state index contributed by atoms with van der Waals surface area (Å²) in [6.07, 6.45) is 1.66. The Morgan fingerprint density at radius 2 is 2.30 bits per heavy atom. The van der Waals surface area contributed by atoms with Crippen molar-refractivity contribution in [2.24, 2.45) is 0 Å². The number of carbonyl (C=O) groups excluding carboxylic acids is 1. The van der Waals surface area contributed by atoms with Crippen LogP contribution < -0.4 is 11.1 Å². The quantitative estimate of drug-likeness (QED) is 0.502. The number of halogens is 1. The molecule has 108 valence electrons. The van der Waals surface area contributed by atoms with Crippen LogP contribution in [0.4, 0.5) is 11.4 Å².